The average molecular weight is 294 g/mol. The van der Waals surface area contributed by atoms with Gasteiger partial charge in [0.1, 0.15) is 0 Å². The van der Waals surface area contributed by atoms with E-state index in [1.54, 1.807) is 12.1 Å². The molecule has 1 atom stereocenters. The van der Waals surface area contributed by atoms with Gasteiger partial charge in [0.15, 0.2) is 5.60 Å². The second-order valence-electron chi connectivity index (χ2n) is 4.01. The van der Waals surface area contributed by atoms with Crippen molar-refractivity contribution in [2.75, 3.05) is 19.0 Å². The molecule has 0 spiro atoms. The molecule has 1 aromatic carbocycles. The van der Waals surface area contributed by atoms with Crippen molar-refractivity contribution in [1.82, 2.24) is 0 Å². The number of rotatable bonds is 3. The highest BCUT2D eigenvalue weighted by Gasteiger charge is 2.47. The Morgan fingerprint density at radius 2 is 1.62 bits per heavy atom. The van der Waals surface area contributed by atoms with Gasteiger partial charge in [0, 0.05) is 19.8 Å². The highest BCUT2D eigenvalue weighted by atomic mass is 79.9. The highest BCUT2D eigenvalue weighted by Crippen LogP contribution is 2.42. The quantitative estimate of drug-likeness (QED) is 0.866. The molecule has 5 heteroatoms. The number of aliphatic hydroxyl groups is 1. The summed E-state index contributed by atoms with van der Waals surface area (Å²) in [5, 5.41) is 9.74. The lowest BCUT2D eigenvalue weighted by Gasteiger charge is -2.29. The molecule has 16 heavy (non-hydrogen) atoms. The fourth-order valence-corrected chi connectivity index (χ4v) is 1.48. The van der Waals surface area contributed by atoms with E-state index in [0.29, 0.717) is 0 Å². The molecule has 0 saturated carbocycles. The third kappa shape index (κ3) is 2.52. The number of halogens is 3. The zero-order valence-corrected chi connectivity index (χ0v) is 10.9. The molecule has 0 aliphatic carbocycles. The SMILES string of the molecule is CN(C)c1ccc(C(C)(O)C(F)(F)Br)cc1. The topological polar surface area (TPSA) is 23.5 Å². The van der Waals surface area contributed by atoms with Gasteiger partial charge < -0.3 is 10.0 Å². The molecule has 90 valence electrons. The van der Waals surface area contributed by atoms with Crippen molar-refractivity contribution in [3.05, 3.63) is 29.8 Å². The predicted molar refractivity (Wildman–Crippen MR) is 64.2 cm³/mol. The largest absolute Gasteiger partial charge is 0.378 e. The van der Waals surface area contributed by atoms with Gasteiger partial charge >= 0.3 is 4.83 Å². The summed E-state index contributed by atoms with van der Waals surface area (Å²) in [7, 11) is 3.71. The summed E-state index contributed by atoms with van der Waals surface area (Å²) in [5.74, 6) is 0. The van der Waals surface area contributed by atoms with Crippen LogP contribution in [0.5, 0.6) is 0 Å². The lowest BCUT2D eigenvalue weighted by molar-refractivity contribution is -0.109. The van der Waals surface area contributed by atoms with Gasteiger partial charge in [0.2, 0.25) is 0 Å². The van der Waals surface area contributed by atoms with Crippen LogP contribution in [0.2, 0.25) is 0 Å². The molecule has 0 amide bonds. The second-order valence-corrected chi connectivity index (χ2v) is 5.01. The van der Waals surface area contributed by atoms with E-state index in [0.717, 1.165) is 12.6 Å². The van der Waals surface area contributed by atoms with Crippen molar-refractivity contribution in [3.63, 3.8) is 0 Å². The van der Waals surface area contributed by atoms with E-state index >= 15 is 0 Å². The van der Waals surface area contributed by atoms with Crippen LogP contribution < -0.4 is 4.90 Å². The van der Waals surface area contributed by atoms with Gasteiger partial charge in [-0.15, -0.1) is 0 Å². The van der Waals surface area contributed by atoms with Crippen LogP contribution in [0.3, 0.4) is 0 Å². The van der Waals surface area contributed by atoms with Crippen LogP contribution in [0, 0.1) is 0 Å². The maximum atomic E-state index is 13.1. The zero-order chi connectivity index (χ0) is 12.6. The normalized spacial score (nSPS) is 15.7. The Hall–Kier alpha value is -0.680. The number of hydrogen-bond donors (Lipinski definition) is 1. The Morgan fingerprint density at radius 1 is 1.19 bits per heavy atom. The first-order chi connectivity index (χ1) is 7.16. The van der Waals surface area contributed by atoms with E-state index in [9.17, 15) is 13.9 Å². The first kappa shape index (κ1) is 13.4. The standard InChI is InChI=1S/C11H14BrF2NO/c1-10(16,11(12,13)14)8-4-6-9(7-5-8)15(2)3/h4-7,16H,1-3H3. The molecule has 0 aliphatic rings. The maximum Gasteiger partial charge on any atom is 0.333 e. The van der Waals surface area contributed by atoms with Gasteiger partial charge in [-0.3, -0.25) is 0 Å². The minimum atomic E-state index is -3.36. The van der Waals surface area contributed by atoms with Gasteiger partial charge in [0.05, 0.1) is 0 Å². The van der Waals surface area contributed by atoms with Crippen LogP contribution in [0.4, 0.5) is 14.5 Å². The highest BCUT2D eigenvalue weighted by molar-refractivity contribution is 9.10. The zero-order valence-electron chi connectivity index (χ0n) is 9.34. The van der Waals surface area contributed by atoms with Crippen LogP contribution in [-0.4, -0.2) is 24.0 Å². The van der Waals surface area contributed by atoms with Crippen molar-refractivity contribution in [2.45, 2.75) is 17.4 Å². The molecule has 0 aromatic heterocycles. The minimum absolute atomic E-state index is 0.167. The maximum absolute atomic E-state index is 13.1. The second kappa shape index (κ2) is 4.30. The van der Waals surface area contributed by atoms with Crippen molar-refractivity contribution in [2.24, 2.45) is 0 Å². The van der Waals surface area contributed by atoms with E-state index < -0.39 is 10.4 Å². The van der Waals surface area contributed by atoms with Gasteiger partial charge in [0.25, 0.3) is 0 Å². The summed E-state index contributed by atoms with van der Waals surface area (Å²) in [6.07, 6.45) is 0. The van der Waals surface area contributed by atoms with Crippen molar-refractivity contribution < 1.29 is 13.9 Å². The fourth-order valence-electron chi connectivity index (χ4n) is 1.25. The first-order valence-electron chi connectivity index (χ1n) is 4.73. The molecule has 1 aromatic rings. The van der Waals surface area contributed by atoms with Crippen molar-refractivity contribution >= 4 is 21.6 Å². The fraction of sp³-hybridized carbons (Fsp3) is 0.455. The Morgan fingerprint density at radius 3 is 1.94 bits per heavy atom. The van der Waals surface area contributed by atoms with Gasteiger partial charge in [-0.05, 0) is 40.5 Å². The Balaban J connectivity index is 3.07. The summed E-state index contributed by atoms with van der Waals surface area (Å²) in [4.78, 5) is -1.51. The van der Waals surface area contributed by atoms with Gasteiger partial charge in [-0.25, -0.2) is 0 Å². The molecule has 0 fully saturated rings. The molecule has 0 saturated heterocycles. The van der Waals surface area contributed by atoms with E-state index in [1.807, 2.05) is 19.0 Å². The Bertz CT molecular complexity index is 357. The smallest absolute Gasteiger partial charge is 0.333 e. The van der Waals surface area contributed by atoms with E-state index in [2.05, 4.69) is 15.9 Å². The van der Waals surface area contributed by atoms with E-state index in [-0.39, 0.29) is 5.56 Å². The lowest BCUT2D eigenvalue weighted by Crippen LogP contribution is -2.37. The van der Waals surface area contributed by atoms with E-state index in [1.165, 1.54) is 12.1 Å². The number of benzene rings is 1. The first-order valence-corrected chi connectivity index (χ1v) is 5.52. The third-order valence-electron chi connectivity index (χ3n) is 2.50. The third-order valence-corrected chi connectivity index (χ3v) is 3.27. The molecule has 1 unspecified atom stereocenters. The summed E-state index contributed by atoms with van der Waals surface area (Å²) >= 11 is 2.19. The minimum Gasteiger partial charge on any atom is -0.378 e. The molecule has 0 radical (unpaired) electrons. The molecule has 1 rings (SSSR count). The van der Waals surface area contributed by atoms with Crippen LogP contribution in [0.1, 0.15) is 12.5 Å². The molecular weight excluding hydrogens is 280 g/mol. The Labute approximate surface area is 102 Å². The molecule has 0 bridgehead atoms. The molecule has 0 aliphatic heterocycles. The molecular formula is C11H14BrF2NO. The predicted octanol–water partition coefficient (Wildman–Crippen LogP) is 2.95. The van der Waals surface area contributed by atoms with Crippen LogP contribution >= 0.6 is 15.9 Å². The number of hydrogen-bond acceptors (Lipinski definition) is 2. The van der Waals surface area contributed by atoms with Gasteiger partial charge in [-0.1, -0.05) is 12.1 Å². The summed E-state index contributed by atoms with van der Waals surface area (Å²) < 4.78 is 26.2. The van der Waals surface area contributed by atoms with Crippen molar-refractivity contribution in [1.29, 1.82) is 0 Å². The van der Waals surface area contributed by atoms with Crippen LogP contribution in [-0.2, 0) is 5.60 Å². The molecule has 2 nitrogen and oxygen atoms in total. The summed E-state index contributed by atoms with van der Waals surface area (Å²) in [6, 6.07) is 6.35. The molecule has 0 heterocycles. The molecule has 1 N–H and O–H groups in total. The Kier molecular flexibility index (Phi) is 3.59. The van der Waals surface area contributed by atoms with Crippen molar-refractivity contribution in [3.8, 4) is 0 Å². The number of anilines is 1. The van der Waals surface area contributed by atoms with Crippen LogP contribution in [0.15, 0.2) is 24.3 Å². The summed E-state index contributed by atoms with van der Waals surface area (Å²) in [6.45, 7) is 1.08. The van der Waals surface area contributed by atoms with E-state index in [4.69, 9.17) is 0 Å². The van der Waals surface area contributed by atoms with Gasteiger partial charge in [-0.2, -0.15) is 8.78 Å². The lowest BCUT2D eigenvalue weighted by atomic mass is 9.96. The number of alkyl halides is 3. The number of nitrogens with zero attached hydrogens (tertiary/aromatic N) is 1. The monoisotopic (exact) mass is 293 g/mol. The average Bonchev–Trinajstić information content (AvgIpc) is 2.16. The summed E-state index contributed by atoms with van der Waals surface area (Å²) in [5.41, 5.74) is -1.17. The van der Waals surface area contributed by atoms with Crippen LogP contribution in [0.25, 0.3) is 0 Å².